The lowest BCUT2D eigenvalue weighted by atomic mass is 9.96. The first-order chi connectivity index (χ1) is 22.2. The minimum Gasteiger partial charge on any atom is -0.355 e. The molecule has 0 heterocycles. The van der Waals surface area contributed by atoms with Gasteiger partial charge in [0.05, 0.1) is 0 Å². The number of carbonyl (C=O) groups is 7. The van der Waals surface area contributed by atoms with Crippen molar-refractivity contribution in [1.29, 1.82) is 0 Å². The van der Waals surface area contributed by atoms with Crippen LogP contribution in [-0.2, 0) is 22.4 Å². The van der Waals surface area contributed by atoms with Crippen LogP contribution in [0.1, 0.15) is 68.5 Å². The molecule has 0 aromatic heterocycles. The summed E-state index contributed by atoms with van der Waals surface area (Å²) in [6.07, 6.45) is 1.06. The van der Waals surface area contributed by atoms with Gasteiger partial charge in [0.1, 0.15) is 0 Å². The van der Waals surface area contributed by atoms with Crippen molar-refractivity contribution in [2.45, 2.75) is 12.8 Å². The molecule has 0 bridgehead atoms. The summed E-state index contributed by atoms with van der Waals surface area (Å²) in [5.41, 5.74) is 2.18. The van der Waals surface area contributed by atoms with E-state index in [0.29, 0.717) is 12.8 Å². The van der Waals surface area contributed by atoms with E-state index in [1.165, 1.54) is 36.4 Å². The van der Waals surface area contributed by atoms with Gasteiger partial charge < -0.3 is 10.6 Å². The van der Waals surface area contributed by atoms with Crippen molar-refractivity contribution < 1.29 is 33.6 Å². The number of hydrogen-bond donors (Lipinski definition) is 2. The third-order valence-electron chi connectivity index (χ3n) is 8.31. The molecule has 2 N–H and O–H groups in total. The highest BCUT2D eigenvalue weighted by molar-refractivity contribution is 6.36. The molecular weight excluding hydrogens is 584 g/mol. The normalized spacial score (nSPS) is 16.6. The van der Waals surface area contributed by atoms with Crippen LogP contribution in [0.3, 0.4) is 0 Å². The SMILES string of the molecule is O=C(c1ccc2c(c1)C(=O)C(C(=O)NCCc1ccccc1)C2=O)c1ccc2c(c1)C(=O)C(C(=O)NCCc1ccccc1)C2=O. The molecule has 2 aliphatic carbocycles. The molecule has 9 nitrogen and oxygen atoms in total. The Morgan fingerprint density at radius 2 is 0.848 bits per heavy atom. The number of fused-ring (bicyclic) bond motifs is 2. The van der Waals surface area contributed by atoms with E-state index in [4.69, 9.17) is 0 Å². The number of hydrogen-bond acceptors (Lipinski definition) is 7. The maximum atomic E-state index is 13.5. The maximum Gasteiger partial charge on any atom is 0.238 e. The Balaban J connectivity index is 1.13. The average molecular weight is 613 g/mol. The van der Waals surface area contributed by atoms with Gasteiger partial charge in [0.25, 0.3) is 0 Å². The minimum atomic E-state index is -1.53. The molecule has 0 radical (unpaired) electrons. The zero-order chi connectivity index (χ0) is 32.4. The number of nitrogens with one attached hydrogen (secondary N) is 2. The van der Waals surface area contributed by atoms with Crippen molar-refractivity contribution in [3.8, 4) is 0 Å². The van der Waals surface area contributed by atoms with Crippen LogP contribution in [0.25, 0.3) is 0 Å². The van der Waals surface area contributed by atoms with E-state index < -0.39 is 52.6 Å². The molecule has 46 heavy (non-hydrogen) atoms. The van der Waals surface area contributed by atoms with Crippen LogP contribution < -0.4 is 10.6 Å². The van der Waals surface area contributed by atoms with Gasteiger partial charge in [-0.15, -0.1) is 0 Å². The van der Waals surface area contributed by atoms with Crippen molar-refractivity contribution >= 4 is 40.7 Å². The second-order valence-corrected chi connectivity index (χ2v) is 11.2. The fourth-order valence-corrected chi connectivity index (χ4v) is 5.87. The van der Waals surface area contributed by atoms with Gasteiger partial charge in [-0.2, -0.15) is 0 Å². The molecular formula is C37H28N2O7. The first-order valence-electron chi connectivity index (χ1n) is 14.9. The largest absolute Gasteiger partial charge is 0.355 e. The van der Waals surface area contributed by atoms with E-state index in [-0.39, 0.29) is 46.5 Å². The molecule has 2 amide bonds. The summed E-state index contributed by atoms with van der Waals surface area (Å²) in [5.74, 6) is -7.67. The van der Waals surface area contributed by atoms with Crippen molar-refractivity contribution in [2.24, 2.45) is 11.8 Å². The van der Waals surface area contributed by atoms with Crippen molar-refractivity contribution in [1.82, 2.24) is 10.6 Å². The Kier molecular flexibility index (Phi) is 8.31. The molecule has 0 saturated carbocycles. The molecule has 2 atom stereocenters. The second kappa shape index (κ2) is 12.6. The van der Waals surface area contributed by atoms with Crippen LogP contribution in [0.5, 0.6) is 0 Å². The van der Waals surface area contributed by atoms with Gasteiger partial charge in [-0.05, 0) is 48.2 Å². The van der Waals surface area contributed by atoms with Crippen LogP contribution in [0.15, 0.2) is 97.1 Å². The van der Waals surface area contributed by atoms with E-state index in [9.17, 15) is 33.6 Å². The monoisotopic (exact) mass is 612 g/mol. The summed E-state index contributed by atoms with van der Waals surface area (Å²) in [6.45, 7) is 0.492. The van der Waals surface area contributed by atoms with E-state index in [2.05, 4.69) is 10.6 Å². The molecule has 0 aliphatic heterocycles. The Bertz CT molecular complexity index is 1790. The van der Waals surface area contributed by atoms with Gasteiger partial charge in [0, 0.05) is 46.5 Å². The lowest BCUT2D eigenvalue weighted by Gasteiger charge is -2.09. The van der Waals surface area contributed by atoms with Crippen molar-refractivity contribution in [2.75, 3.05) is 13.1 Å². The molecule has 2 unspecified atom stereocenters. The highest BCUT2D eigenvalue weighted by atomic mass is 16.2. The lowest BCUT2D eigenvalue weighted by molar-refractivity contribution is -0.123. The zero-order valence-corrected chi connectivity index (χ0v) is 24.6. The Hall–Kier alpha value is -5.83. The maximum absolute atomic E-state index is 13.5. The Morgan fingerprint density at radius 3 is 1.24 bits per heavy atom. The van der Waals surface area contributed by atoms with Gasteiger partial charge in [0.2, 0.25) is 11.8 Å². The van der Waals surface area contributed by atoms with Gasteiger partial charge in [-0.25, -0.2) is 0 Å². The Morgan fingerprint density at radius 1 is 0.478 bits per heavy atom. The first kappa shape index (κ1) is 30.2. The van der Waals surface area contributed by atoms with Gasteiger partial charge in [-0.1, -0.05) is 72.8 Å². The molecule has 0 fully saturated rings. The Labute approximate surface area is 264 Å². The van der Waals surface area contributed by atoms with Crippen LogP contribution >= 0.6 is 0 Å². The molecule has 4 aromatic rings. The molecule has 9 heteroatoms. The zero-order valence-electron chi connectivity index (χ0n) is 24.6. The molecule has 228 valence electrons. The number of Topliss-reactive ketones (excluding diaryl/α,β-unsaturated/α-hetero) is 4. The van der Waals surface area contributed by atoms with Gasteiger partial charge in [0.15, 0.2) is 40.8 Å². The average Bonchev–Trinajstić information content (AvgIpc) is 3.48. The number of ketones is 5. The quantitative estimate of drug-likeness (QED) is 0.206. The molecule has 2 aliphatic rings. The third kappa shape index (κ3) is 5.70. The fraction of sp³-hybridized carbons (Fsp3) is 0.162. The number of amides is 2. The smallest absolute Gasteiger partial charge is 0.238 e. The second-order valence-electron chi connectivity index (χ2n) is 11.2. The van der Waals surface area contributed by atoms with Gasteiger partial charge in [-0.3, -0.25) is 33.6 Å². The number of benzene rings is 4. The highest BCUT2D eigenvalue weighted by Gasteiger charge is 2.45. The minimum absolute atomic E-state index is 0.0290. The standard InChI is InChI=1S/C37H28N2O7/c40-31(23-11-13-25-27(19-23)34(43)29(32(25)41)36(45)38-17-15-21-7-3-1-4-8-21)24-12-14-26-28(20-24)35(44)30(33(26)42)37(46)39-18-16-22-9-5-2-6-10-22/h1-14,19-20,29-30H,15-18H2,(H,38,45)(H,39,46). The van der Waals surface area contributed by atoms with Crippen molar-refractivity contribution in [3.63, 3.8) is 0 Å². The summed E-state index contributed by atoms with van der Waals surface area (Å²) in [6, 6.07) is 26.9. The summed E-state index contributed by atoms with van der Waals surface area (Å²) in [4.78, 5) is 91.4. The molecule has 0 saturated heterocycles. The summed E-state index contributed by atoms with van der Waals surface area (Å²) in [7, 11) is 0. The van der Waals surface area contributed by atoms with E-state index in [1.807, 2.05) is 60.7 Å². The van der Waals surface area contributed by atoms with Crippen LogP contribution in [-0.4, -0.2) is 53.8 Å². The highest BCUT2D eigenvalue weighted by Crippen LogP contribution is 2.31. The van der Waals surface area contributed by atoms with E-state index >= 15 is 0 Å². The van der Waals surface area contributed by atoms with Crippen LogP contribution in [0, 0.1) is 11.8 Å². The van der Waals surface area contributed by atoms with E-state index in [1.54, 1.807) is 0 Å². The molecule has 6 rings (SSSR count). The first-order valence-corrected chi connectivity index (χ1v) is 14.9. The predicted molar refractivity (Wildman–Crippen MR) is 167 cm³/mol. The van der Waals surface area contributed by atoms with E-state index in [0.717, 1.165) is 11.1 Å². The van der Waals surface area contributed by atoms with Gasteiger partial charge >= 0.3 is 0 Å². The summed E-state index contributed by atoms with van der Waals surface area (Å²) < 4.78 is 0. The summed E-state index contributed by atoms with van der Waals surface area (Å²) in [5, 5.41) is 5.32. The van der Waals surface area contributed by atoms with Crippen LogP contribution in [0.2, 0.25) is 0 Å². The number of rotatable bonds is 10. The molecule has 0 spiro atoms. The third-order valence-corrected chi connectivity index (χ3v) is 8.31. The predicted octanol–water partition coefficient (Wildman–Crippen LogP) is 3.63. The number of carbonyl (C=O) groups excluding carboxylic acids is 7. The summed E-state index contributed by atoms with van der Waals surface area (Å²) >= 11 is 0. The topological polar surface area (TPSA) is 144 Å². The molecule has 4 aromatic carbocycles. The van der Waals surface area contributed by atoms with Crippen molar-refractivity contribution in [3.05, 3.63) is 142 Å². The lowest BCUT2D eigenvalue weighted by Crippen LogP contribution is -2.37. The van der Waals surface area contributed by atoms with Crippen LogP contribution in [0.4, 0.5) is 0 Å². The fourth-order valence-electron chi connectivity index (χ4n) is 5.87.